The molecule has 0 saturated heterocycles. The highest BCUT2D eigenvalue weighted by Crippen LogP contribution is 2.81. The molecule has 0 aliphatic heterocycles. The molecule has 130 valence electrons. The van der Waals surface area contributed by atoms with E-state index in [4.69, 9.17) is 0 Å². The van der Waals surface area contributed by atoms with E-state index in [1.165, 1.54) is 0 Å². The molecule has 4 fully saturated rings. The summed E-state index contributed by atoms with van der Waals surface area (Å²) < 4.78 is 14.5. The fraction of sp³-hybridized carbons (Fsp3) is 0.950. The number of aliphatic hydroxyl groups is 1. The van der Waals surface area contributed by atoms with Crippen LogP contribution in [-0.4, -0.2) is 23.2 Å². The number of alkyl halides is 1. The SMILES string of the molecule is CC[C@]1(C)CC[C@]2(C)[C@H](C)CC34CC(C[C@H](F)C3=O)(C[C@@H]1O)[C@@H]42. The number of Topliss-reactive ketones (excluding diaryl/α,β-unsaturated/α-hetero) is 1. The van der Waals surface area contributed by atoms with Crippen LogP contribution in [0.3, 0.4) is 0 Å². The van der Waals surface area contributed by atoms with Crippen LogP contribution in [0.4, 0.5) is 4.39 Å². The Morgan fingerprint density at radius 3 is 2.57 bits per heavy atom. The number of hydrogen-bond donors (Lipinski definition) is 1. The van der Waals surface area contributed by atoms with E-state index in [-0.39, 0.29) is 28.1 Å². The summed E-state index contributed by atoms with van der Waals surface area (Å²) in [4.78, 5) is 12.7. The third-order valence-corrected chi connectivity index (χ3v) is 9.10. The number of carbonyl (C=O) groups excluding carboxylic acids is 1. The maximum absolute atomic E-state index is 14.5. The molecule has 1 N–H and O–H groups in total. The Bertz CT molecular complexity index is 562. The van der Waals surface area contributed by atoms with E-state index < -0.39 is 11.6 Å². The minimum Gasteiger partial charge on any atom is -0.393 e. The van der Waals surface area contributed by atoms with Crippen LogP contribution in [0.5, 0.6) is 0 Å². The first-order valence-corrected chi connectivity index (χ1v) is 9.50. The van der Waals surface area contributed by atoms with E-state index >= 15 is 0 Å². The van der Waals surface area contributed by atoms with Gasteiger partial charge in [-0.2, -0.15) is 0 Å². The Labute approximate surface area is 139 Å². The summed E-state index contributed by atoms with van der Waals surface area (Å²) in [5.74, 6) is 0.668. The predicted molar refractivity (Wildman–Crippen MR) is 87.6 cm³/mol. The van der Waals surface area contributed by atoms with Crippen molar-refractivity contribution < 1.29 is 14.3 Å². The first-order valence-electron chi connectivity index (χ1n) is 9.50. The average molecular weight is 322 g/mol. The summed E-state index contributed by atoms with van der Waals surface area (Å²) >= 11 is 0. The van der Waals surface area contributed by atoms with Crippen LogP contribution in [0, 0.1) is 33.5 Å². The van der Waals surface area contributed by atoms with Crippen LogP contribution in [0.15, 0.2) is 0 Å². The van der Waals surface area contributed by atoms with Gasteiger partial charge in [0, 0.05) is 5.41 Å². The van der Waals surface area contributed by atoms with Crippen LogP contribution in [-0.2, 0) is 4.79 Å². The second kappa shape index (κ2) is 4.39. The molecular formula is C20H31FO2. The lowest BCUT2D eigenvalue weighted by Crippen LogP contribution is -2.69. The smallest absolute Gasteiger partial charge is 0.173 e. The van der Waals surface area contributed by atoms with Crippen molar-refractivity contribution in [3.05, 3.63) is 0 Å². The zero-order chi connectivity index (χ0) is 16.8. The van der Waals surface area contributed by atoms with Gasteiger partial charge in [0.05, 0.1) is 6.10 Å². The van der Waals surface area contributed by atoms with Gasteiger partial charge in [0.2, 0.25) is 0 Å². The Morgan fingerprint density at radius 2 is 1.91 bits per heavy atom. The van der Waals surface area contributed by atoms with Crippen LogP contribution in [0.2, 0.25) is 0 Å². The van der Waals surface area contributed by atoms with Gasteiger partial charge in [0.25, 0.3) is 0 Å². The largest absolute Gasteiger partial charge is 0.393 e. The molecule has 4 aliphatic carbocycles. The van der Waals surface area contributed by atoms with Gasteiger partial charge < -0.3 is 5.11 Å². The fourth-order valence-electron chi connectivity index (χ4n) is 7.58. The number of hydrogen-bond acceptors (Lipinski definition) is 2. The lowest BCUT2D eigenvalue weighted by atomic mass is 9.34. The van der Waals surface area contributed by atoms with Crippen molar-refractivity contribution >= 4 is 5.78 Å². The minimum absolute atomic E-state index is 0.0729. The van der Waals surface area contributed by atoms with Crippen LogP contribution in [0.1, 0.15) is 72.6 Å². The maximum atomic E-state index is 14.5. The third-order valence-electron chi connectivity index (χ3n) is 9.10. The fourth-order valence-corrected chi connectivity index (χ4v) is 7.58. The van der Waals surface area contributed by atoms with Crippen LogP contribution < -0.4 is 0 Å². The average Bonchev–Trinajstić information content (AvgIpc) is 2.66. The molecule has 4 aliphatic rings. The van der Waals surface area contributed by atoms with Crippen LogP contribution in [0.25, 0.3) is 0 Å². The second-order valence-electron chi connectivity index (χ2n) is 10.0. The van der Waals surface area contributed by atoms with E-state index in [1.807, 2.05) is 0 Å². The van der Waals surface area contributed by atoms with Gasteiger partial charge in [0.15, 0.2) is 12.0 Å². The van der Waals surface area contributed by atoms with Crippen molar-refractivity contribution in [2.45, 2.75) is 84.9 Å². The van der Waals surface area contributed by atoms with Crippen molar-refractivity contribution in [3.63, 3.8) is 0 Å². The molecule has 2 unspecified atom stereocenters. The van der Waals surface area contributed by atoms with Crippen LogP contribution >= 0.6 is 0 Å². The normalized spacial score (nSPS) is 61.4. The van der Waals surface area contributed by atoms with E-state index in [2.05, 4.69) is 27.7 Å². The standard InChI is InChI=1S/C20H31FO2/c1-5-17(3)6-7-18(4)12(2)8-20-11-19(16(18)20,10-14(17)22)9-13(21)15(20)23/h12-14,16,22H,5-11H2,1-4H3/t12-,13+,14+,16+,17-,18-,19?,20?/m1/s1. The van der Waals surface area contributed by atoms with Crippen molar-refractivity contribution in [2.75, 3.05) is 0 Å². The van der Waals surface area contributed by atoms with Crippen molar-refractivity contribution in [2.24, 2.45) is 33.5 Å². The van der Waals surface area contributed by atoms with E-state index in [1.54, 1.807) is 0 Å². The monoisotopic (exact) mass is 322 g/mol. The molecule has 0 aromatic carbocycles. The molecule has 0 aromatic rings. The summed E-state index contributed by atoms with van der Waals surface area (Å²) in [5, 5.41) is 10.9. The molecule has 0 radical (unpaired) electrons. The van der Waals surface area contributed by atoms with Gasteiger partial charge in [-0.25, -0.2) is 4.39 Å². The van der Waals surface area contributed by atoms with Crippen molar-refractivity contribution in [1.29, 1.82) is 0 Å². The molecule has 23 heavy (non-hydrogen) atoms. The molecular weight excluding hydrogens is 291 g/mol. The number of carbonyl (C=O) groups is 1. The number of aliphatic hydroxyl groups excluding tert-OH is 1. The predicted octanol–water partition coefficient (Wildman–Crippen LogP) is 4.30. The Hall–Kier alpha value is -0.440. The molecule has 0 heterocycles. The topological polar surface area (TPSA) is 37.3 Å². The summed E-state index contributed by atoms with van der Waals surface area (Å²) in [5.41, 5.74) is -0.476. The van der Waals surface area contributed by atoms with Gasteiger partial charge in [-0.05, 0) is 73.0 Å². The number of rotatable bonds is 1. The molecule has 0 amide bonds. The van der Waals surface area contributed by atoms with Gasteiger partial charge >= 0.3 is 0 Å². The lowest BCUT2D eigenvalue weighted by Gasteiger charge is -2.69. The lowest BCUT2D eigenvalue weighted by molar-refractivity contribution is -0.228. The zero-order valence-electron chi connectivity index (χ0n) is 15.0. The summed E-state index contributed by atoms with van der Waals surface area (Å²) in [6, 6.07) is 0. The van der Waals surface area contributed by atoms with Gasteiger partial charge in [-0.3, -0.25) is 4.79 Å². The molecule has 2 spiro atoms. The van der Waals surface area contributed by atoms with E-state index in [0.29, 0.717) is 24.7 Å². The molecule has 8 atom stereocenters. The minimum atomic E-state index is -1.30. The number of ketones is 1. The summed E-state index contributed by atoms with van der Waals surface area (Å²) in [6.07, 6.45) is 4.13. The van der Waals surface area contributed by atoms with E-state index in [9.17, 15) is 14.3 Å². The highest BCUT2D eigenvalue weighted by molar-refractivity contribution is 5.93. The molecule has 2 nitrogen and oxygen atoms in total. The first kappa shape index (κ1) is 16.1. The van der Waals surface area contributed by atoms with Crippen molar-refractivity contribution in [1.82, 2.24) is 0 Å². The molecule has 4 rings (SSSR count). The van der Waals surface area contributed by atoms with Gasteiger partial charge in [-0.15, -0.1) is 0 Å². The van der Waals surface area contributed by atoms with Gasteiger partial charge in [-0.1, -0.05) is 27.7 Å². The Morgan fingerprint density at radius 1 is 1.22 bits per heavy atom. The summed E-state index contributed by atoms with van der Waals surface area (Å²) in [7, 11) is 0. The summed E-state index contributed by atoms with van der Waals surface area (Å²) in [6.45, 7) is 8.99. The zero-order valence-corrected chi connectivity index (χ0v) is 15.0. The third kappa shape index (κ3) is 1.66. The molecule has 2 bridgehead atoms. The molecule has 0 aromatic heterocycles. The molecule has 3 heteroatoms. The highest BCUT2D eigenvalue weighted by Gasteiger charge is 2.79. The Balaban J connectivity index is 1.82. The van der Waals surface area contributed by atoms with E-state index in [0.717, 1.165) is 32.1 Å². The van der Waals surface area contributed by atoms with Gasteiger partial charge in [0.1, 0.15) is 0 Å². The highest BCUT2D eigenvalue weighted by atomic mass is 19.1. The second-order valence-corrected chi connectivity index (χ2v) is 10.0. The first-order chi connectivity index (χ1) is 10.6. The maximum Gasteiger partial charge on any atom is 0.173 e. The quantitative estimate of drug-likeness (QED) is 0.781. The Kier molecular flexibility index (Phi) is 3.06. The van der Waals surface area contributed by atoms with Crippen molar-refractivity contribution in [3.8, 4) is 0 Å². The number of halogens is 1. The molecule has 4 saturated carbocycles.